The number of ether oxygens (including phenoxy) is 2. The number of carbonyl (C=O) groups excluding carboxylic acids is 1. The van der Waals surface area contributed by atoms with E-state index in [1.54, 1.807) is 20.8 Å². The molecule has 1 aliphatic rings. The Hall–Kier alpha value is -0.850. The summed E-state index contributed by atoms with van der Waals surface area (Å²) in [6.07, 6.45) is -2.02. The van der Waals surface area contributed by atoms with Crippen molar-refractivity contribution in [1.29, 1.82) is 0 Å². The Balaban J connectivity index is 2.49. The normalized spacial score (nSPS) is 30.2. The molecule has 1 aliphatic heterocycles. The molecule has 0 bridgehead atoms. The third-order valence-electron chi connectivity index (χ3n) is 2.16. The third-order valence-corrected chi connectivity index (χ3v) is 2.16. The highest BCUT2D eigenvalue weighted by atomic mass is 16.6. The lowest BCUT2D eigenvalue weighted by molar-refractivity contribution is 0.0320. The van der Waals surface area contributed by atoms with Gasteiger partial charge in [0.2, 0.25) is 0 Å². The fraction of sp³-hybridized carbons (Fsp3) is 0.900. The lowest BCUT2D eigenvalue weighted by Gasteiger charge is -2.24. The molecule has 16 heavy (non-hydrogen) atoms. The van der Waals surface area contributed by atoms with Crippen molar-refractivity contribution in [2.75, 3.05) is 13.2 Å². The molecular formula is C10H19NO5. The van der Waals surface area contributed by atoms with Crippen molar-refractivity contribution in [2.24, 2.45) is 0 Å². The first-order valence-electron chi connectivity index (χ1n) is 5.23. The minimum Gasteiger partial charge on any atom is -0.444 e. The van der Waals surface area contributed by atoms with E-state index in [9.17, 15) is 9.90 Å². The van der Waals surface area contributed by atoms with Gasteiger partial charge in [-0.25, -0.2) is 4.79 Å². The van der Waals surface area contributed by atoms with E-state index in [-0.39, 0.29) is 13.2 Å². The number of amides is 1. The number of nitrogens with one attached hydrogen (secondary N) is 1. The van der Waals surface area contributed by atoms with Crippen LogP contribution in [0.3, 0.4) is 0 Å². The molecule has 6 heteroatoms. The monoisotopic (exact) mass is 233 g/mol. The molecule has 1 amide bonds. The molecule has 6 nitrogen and oxygen atoms in total. The Morgan fingerprint density at radius 3 is 2.69 bits per heavy atom. The van der Waals surface area contributed by atoms with Gasteiger partial charge in [-0.15, -0.1) is 0 Å². The fourth-order valence-corrected chi connectivity index (χ4v) is 1.48. The fourth-order valence-electron chi connectivity index (χ4n) is 1.48. The van der Waals surface area contributed by atoms with Gasteiger partial charge < -0.3 is 25.0 Å². The number of carbonyl (C=O) groups is 1. The summed E-state index contributed by atoms with van der Waals surface area (Å²) in [5, 5.41) is 21.0. The number of hydrogen-bond acceptors (Lipinski definition) is 5. The molecule has 0 unspecified atom stereocenters. The summed E-state index contributed by atoms with van der Waals surface area (Å²) < 4.78 is 10.1. The maximum Gasteiger partial charge on any atom is 0.408 e. The summed E-state index contributed by atoms with van der Waals surface area (Å²) in [4.78, 5) is 11.4. The number of alkyl carbamates (subject to hydrolysis) is 1. The summed E-state index contributed by atoms with van der Waals surface area (Å²) in [5.41, 5.74) is -0.594. The van der Waals surface area contributed by atoms with Gasteiger partial charge in [-0.3, -0.25) is 0 Å². The predicted molar refractivity (Wildman–Crippen MR) is 56.0 cm³/mol. The van der Waals surface area contributed by atoms with Crippen LogP contribution in [0.15, 0.2) is 0 Å². The zero-order valence-corrected chi connectivity index (χ0v) is 9.77. The molecule has 1 fully saturated rings. The van der Waals surface area contributed by atoms with E-state index in [4.69, 9.17) is 14.6 Å². The van der Waals surface area contributed by atoms with Crippen LogP contribution >= 0.6 is 0 Å². The highest BCUT2D eigenvalue weighted by molar-refractivity contribution is 5.68. The summed E-state index contributed by atoms with van der Waals surface area (Å²) in [6.45, 7) is 5.09. The second-order valence-electron chi connectivity index (χ2n) is 4.79. The van der Waals surface area contributed by atoms with Gasteiger partial charge in [0.15, 0.2) is 0 Å². The van der Waals surface area contributed by atoms with Crippen molar-refractivity contribution < 1.29 is 24.5 Å². The molecule has 1 rings (SSSR count). The number of hydrogen-bond donors (Lipinski definition) is 3. The summed E-state index contributed by atoms with van der Waals surface area (Å²) >= 11 is 0. The van der Waals surface area contributed by atoms with Gasteiger partial charge in [-0.2, -0.15) is 0 Å². The topological polar surface area (TPSA) is 88.0 Å². The van der Waals surface area contributed by atoms with Crippen LogP contribution in [0.5, 0.6) is 0 Å². The Morgan fingerprint density at radius 1 is 1.56 bits per heavy atom. The second kappa shape index (κ2) is 4.99. The van der Waals surface area contributed by atoms with Gasteiger partial charge in [-0.1, -0.05) is 0 Å². The Morgan fingerprint density at radius 2 is 2.19 bits per heavy atom. The molecule has 0 aromatic heterocycles. The first kappa shape index (κ1) is 13.2. The van der Waals surface area contributed by atoms with Gasteiger partial charge in [0, 0.05) is 0 Å². The standard InChI is InChI=1S/C10H19NO5/c1-10(2,3)16-9(14)11-8-6(13)5-15-7(8)4-12/h6-8,12-13H,4-5H2,1-3H3,(H,11,14)/t6-,7+,8-/m0/s1. The van der Waals surface area contributed by atoms with E-state index in [0.717, 1.165) is 0 Å². The first-order chi connectivity index (χ1) is 7.33. The van der Waals surface area contributed by atoms with E-state index >= 15 is 0 Å². The van der Waals surface area contributed by atoms with Crippen molar-refractivity contribution in [1.82, 2.24) is 5.32 Å². The van der Waals surface area contributed by atoms with E-state index in [1.807, 2.05) is 0 Å². The number of aliphatic hydroxyl groups excluding tert-OH is 2. The van der Waals surface area contributed by atoms with Crippen LogP contribution in [0.4, 0.5) is 4.79 Å². The van der Waals surface area contributed by atoms with Crippen LogP contribution in [-0.4, -0.2) is 53.4 Å². The Bertz CT molecular complexity index is 250. The molecule has 0 saturated carbocycles. The highest BCUT2D eigenvalue weighted by Gasteiger charge is 2.37. The average molecular weight is 233 g/mol. The van der Waals surface area contributed by atoms with Crippen molar-refractivity contribution in [3.05, 3.63) is 0 Å². The SMILES string of the molecule is CC(C)(C)OC(=O)N[C@H]1[C@@H](O)CO[C@@H]1CO. The van der Waals surface area contributed by atoms with Crippen LogP contribution in [0, 0.1) is 0 Å². The third kappa shape index (κ3) is 3.62. The number of rotatable bonds is 2. The van der Waals surface area contributed by atoms with E-state index in [0.29, 0.717) is 0 Å². The van der Waals surface area contributed by atoms with Gasteiger partial charge in [0.1, 0.15) is 17.8 Å². The van der Waals surface area contributed by atoms with Gasteiger partial charge in [0.25, 0.3) is 0 Å². The first-order valence-corrected chi connectivity index (χ1v) is 5.23. The highest BCUT2D eigenvalue weighted by Crippen LogP contribution is 2.15. The van der Waals surface area contributed by atoms with Crippen LogP contribution in [0.25, 0.3) is 0 Å². The summed E-state index contributed by atoms with van der Waals surface area (Å²) in [7, 11) is 0. The largest absolute Gasteiger partial charge is 0.444 e. The lowest BCUT2D eigenvalue weighted by atomic mass is 10.1. The van der Waals surface area contributed by atoms with Crippen LogP contribution in [0.1, 0.15) is 20.8 Å². The molecule has 0 aromatic carbocycles. The Labute approximate surface area is 94.5 Å². The van der Waals surface area contributed by atoms with Gasteiger partial charge >= 0.3 is 6.09 Å². The molecule has 0 aliphatic carbocycles. The van der Waals surface area contributed by atoms with Gasteiger partial charge in [-0.05, 0) is 20.8 Å². The van der Waals surface area contributed by atoms with Crippen molar-refractivity contribution in [3.8, 4) is 0 Å². The molecule has 94 valence electrons. The van der Waals surface area contributed by atoms with Gasteiger partial charge in [0.05, 0.1) is 19.3 Å². The van der Waals surface area contributed by atoms with E-state index < -0.39 is 29.9 Å². The predicted octanol–water partition coefficient (Wildman–Crippen LogP) is -0.368. The minimum absolute atomic E-state index is 0.103. The zero-order valence-electron chi connectivity index (χ0n) is 9.77. The van der Waals surface area contributed by atoms with Crippen molar-refractivity contribution in [3.63, 3.8) is 0 Å². The molecule has 1 heterocycles. The molecule has 0 radical (unpaired) electrons. The molecule has 3 atom stereocenters. The quantitative estimate of drug-likeness (QED) is 0.605. The van der Waals surface area contributed by atoms with E-state index in [1.165, 1.54) is 0 Å². The molecular weight excluding hydrogens is 214 g/mol. The summed E-state index contributed by atoms with van der Waals surface area (Å²) in [5.74, 6) is 0. The smallest absolute Gasteiger partial charge is 0.408 e. The maximum atomic E-state index is 11.4. The number of aliphatic hydroxyl groups is 2. The Kier molecular flexibility index (Phi) is 4.12. The molecule has 0 aromatic rings. The van der Waals surface area contributed by atoms with E-state index in [2.05, 4.69) is 5.32 Å². The van der Waals surface area contributed by atoms with Crippen molar-refractivity contribution in [2.45, 2.75) is 44.6 Å². The average Bonchev–Trinajstić information content (AvgIpc) is 2.44. The lowest BCUT2D eigenvalue weighted by Crippen LogP contribution is -2.49. The summed E-state index contributed by atoms with van der Waals surface area (Å²) in [6, 6.07) is -0.625. The van der Waals surface area contributed by atoms with Crippen LogP contribution < -0.4 is 5.32 Å². The zero-order chi connectivity index (χ0) is 12.3. The molecule has 1 saturated heterocycles. The molecule has 0 spiro atoms. The van der Waals surface area contributed by atoms with Crippen LogP contribution in [-0.2, 0) is 9.47 Å². The van der Waals surface area contributed by atoms with Crippen LogP contribution in [0.2, 0.25) is 0 Å². The van der Waals surface area contributed by atoms with Crippen molar-refractivity contribution >= 4 is 6.09 Å². The second-order valence-corrected chi connectivity index (χ2v) is 4.79. The maximum absolute atomic E-state index is 11.4. The molecule has 3 N–H and O–H groups in total. The minimum atomic E-state index is -0.815.